The van der Waals surface area contributed by atoms with Crippen molar-refractivity contribution in [2.24, 2.45) is 5.73 Å². The van der Waals surface area contributed by atoms with Crippen molar-refractivity contribution < 1.29 is 9.18 Å². The number of carbonyl (C=O) groups excluding carboxylic acids is 1. The van der Waals surface area contributed by atoms with Crippen LogP contribution < -0.4 is 11.1 Å². The minimum Gasteiger partial charge on any atom is -0.380 e. The number of anilines is 1. The van der Waals surface area contributed by atoms with E-state index < -0.39 is 5.91 Å². The van der Waals surface area contributed by atoms with Crippen molar-refractivity contribution in [2.45, 2.75) is 13.5 Å². The molecule has 0 bridgehead atoms. The van der Waals surface area contributed by atoms with Crippen molar-refractivity contribution >= 4 is 27.5 Å². The first kappa shape index (κ1) is 14.5. The minimum atomic E-state index is -0.444. The average molecular weight is 337 g/mol. The zero-order valence-electron chi connectivity index (χ0n) is 10.9. The van der Waals surface area contributed by atoms with E-state index in [1.807, 2.05) is 13.0 Å². The Hall–Kier alpha value is -1.88. The van der Waals surface area contributed by atoms with Gasteiger partial charge in [-0.3, -0.25) is 4.79 Å². The molecule has 0 aliphatic heterocycles. The van der Waals surface area contributed by atoms with Crippen LogP contribution in [0.4, 0.5) is 10.1 Å². The molecule has 3 N–H and O–H groups in total. The molecule has 0 unspecified atom stereocenters. The molecule has 0 saturated heterocycles. The quantitative estimate of drug-likeness (QED) is 0.896. The Bertz CT molecular complexity index is 658. The first-order valence-corrected chi connectivity index (χ1v) is 6.85. The molecule has 0 heterocycles. The van der Waals surface area contributed by atoms with Gasteiger partial charge in [-0.05, 0) is 64.3 Å². The number of nitrogens with two attached hydrogens (primary N) is 1. The van der Waals surface area contributed by atoms with Crippen molar-refractivity contribution in [3.8, 4) is 0 Å². The van der Waals surface area contributed by atoms with Crippen LogP contribution in [0.25, 0.3) is 0 Å². The van der Waals surface area contributed by atoms with Gasteiger partial charge in [0.15, 0.2) is 0 Å². The van der Waals surface area contributed by atoms with Gasteiger partial charge in [-0.25, -0.2) is 4.39 Å². The predicted molar refractivity (Wildman–Crippen MR) is 81.1 cm³/mol. The van der Waals surface area contributed by atoms with E-state index in [-0.39, 0.29) is 5.82 Å². The minimum absolute atomic E-state index is 0.295. The van der Waals surface area contributed by atoms with Crippen molar-refractivity contribution in [2.75, 3.05) is 5.32 Å². The van der Waals surface area contributed by atoms with Gasteiger partial charge >= 0.3 is 0 Å². The lowest BCUT2D eigenvalue weighted by Crippen LogP contribution is -2.12. The number of aryl methyl sites for hydroxylation is 1. The monoisotopic (exact) mass is 336 g/mol. The molecular weight excluding hydrogens is 323 g/mol. The smallest absolute Gasteiger partial charge is 0.248 e. The van der Waals surface area contributed by atoms with E-state index >= 15 is 0 Å². The number of amides is 1. The van der Waals surface area contributed by atoms with Gasteiger partial charge in [-0.2, -0.15) is 0 Å². The van der Waals surface area contributed by atoms with Crippen LogP contribution in [0.15, 0.2) is 40.9 Å². The number of primary amides is 1. The van der Waals surface area contributed by atoms with Crippen molar-refractivity contribution in [1.29, 1.82) is 0 Å². The van der Waals surface area contributed by atoms with Gasteiger partial charge in [0.25, 0.3) is 0 Å². The SMILES string of the molecule is Cc1cc(C(N)=O)ccc1CNc1cc(F)ccc1Br. The molecule has 0 aliphatic carbocycles. The highest BCUT2D eigenvalue weighted by Gasteiger charge is 2.06. The van der Waals surface area contributed by atoms with Gasteiger partial charge < -0.3 is 11.1 Å². The molecule has 0 radical (unpaired) electrons. The fraction of sp³-hybridized carbons (Fsp3) is 0.133. The third kappa shape index (κ3) is 3.36. The van der Waals surface area contributed by atoms with E-state index in [0.29, 0.717) is 17.8 Å². The molecule has 2 rings (SSSR count). The Kier molecular flexibility index (Phi) is 4.39. The summed E-state index contributed by atoms with van der Waals surface area (Å²) < 4.78 is 14.0. The maximum Gasteiger partial charge on any atom is 0.248 e. The van der Waals surface area contributed by atoms with Gasteiger partial charge in [-0.15, -0.1) is 0 Å². The Labute approximate surface area is 125 Å². The van der Waals surface area contributed by atoms with Crippen molar-refractivity contribution in [1.82, 2.24) is 0 Å². The predicted octanol–water partition coefficient (Wildman–Crippen LogP) is 3.61. The zero-order valence-corrected chi connectivity index (χ0v) is 12.5. The number of halogens is 2. The summed E-state index contributed by atoms with van der Waals surface area (Å²) >= 11 is 3.36. The number of hydrogen-bond acceptors (Lipinski definition) is 2. The lowest BCUT2D eigenvalue weighted by Gasteiger charge is -2.11. The van der Waals surface area contributed by atoms with Crippen LogP contribution in [0.5, 0.6) is 0 Å². The van der Waals surface area contributed by atoms with Crippen molar-refractivity contribution in [3.63, 3.8) is 0 Å². The molecule has 1 amide bonds. The summed E-state index contributed by atoms with van der Waals surface area (Å²) in [5.74, 6) is -0.739. The van der Waals surface area contributed by atoms with Crippen LogP contribution >= 0.6 is 15.9 Å². The average Bonchev–Trinajstić information content (AvgIpc) is 2.40. The fourth-order valence-corrected chi connectivity index (χ4v) is 2.26. The lowest BCUT2D eigenvalue weighted by molar-refractivity contribution is 0.1000. The third-order valence-electron chi connectivity index (χ3n) is 3.02. The summed E-state index contributed by atoms with van der Waals surface area (Å²) in [6.07, 6.45) is 0. The van der Waals surface area contributed by atoms with E-state index in [1.54, 1.807) is 18.2 Å². The van der Waals surface area contributed by atoms with E-state index in [1.165, 1.54) is 12.1 Å². The molecule has 5 heteroatoms. The molecule has 0 aromatic heterocycles. The largest absolute Gasteiger partial charge is 0.380 e. The Morgan fingerprint density at radius 3 is 2.70 bits per heavy atom. The Morgan fingerprint density at radius 1 is 1.30 bits per heavy atom. The van der Waals surface area contributed by atoms with E-state index in [2.05, 4.69) is 21.2 Å². The second-order valence-corrected chi connectivity index (χ2v) is 5.34. The van der Waals surface area contributed by atoms with Crippen LogP contribution in [0.1, 0.15) is 21.5 Å². The summed E-state index contributed by atoms with van der Waals surface area (Å²) in [7, 11) is 0. The molecule has 0 saturated carbocycles. The van der Waals surface area contributed by atoms with E-state index in [9.17, 15) is 9.18 Å². The Balaban J connectivity index is 2.15. The standard InChI is InChI=1S/C15H14BrFN2O/c1-9-6-10(15(18)20)2-3-11(9)8-19-14-7-12(17)4-5-13(14)16/h2-7,19H,8H2,1H3,(H2,18,20). The molecule has 0 aliphatic rings. The fourth-order valence-electron chi connectivity index (χ4n) is 1.87. The normalized spacial score (nSPS) is 10.3. The summed E-state index contributed by atoms with van der Waals surface area (Å²) in [4.78, 5) is 11.1. The second-order valence-electron chi connectivity index (χ2n) is 4.48. The third-order valence-corrected chi connectivity index (χ3v) is 3.72. The summed E-state index contributed by atoms with van der Waals surface area (Å²) in [5.41, 5.74) is 8.38. The molecule has 20 heavy (non-hydrogen) atoms. The summed E-state index contributed by atoms with van der Waals surface area (Å²) in [6, 6.07) is 9.75. The van der Waals surface area contributed by atoms with Gasteiger partial charge in [-0.1, -0.05) is 6.07 Å². The van der Waals surface area contributed by atoms with E-state index in [0.717, 1.165) is 15.6 Å². The number of rotatable bonds is 4. The molecule has 2 aromatic rings. The molecule has 104 valence electrons. The first-order valence-electron chi connectivity index (χ1n) is 6.05. The molecule has 2 aromatic carbocycles. The molecule has 3 nitrogen and oxygen atoms in total. The Morgan fingerprint density at radius 2 is 2.05 bits per heavy atom. The number of hydrogen-bond donors (Lipinski definition) is 2. The zero-order chi connectivity index (χ0) is 14.7. The first-order chi connectivity index (χ1) is 9.47. The molecule has 0 fully saturated rings. The van der Waals surface area contributed by atoms with Crippen LogP contribution in [-0.4, -0.2) is 5.91 Å². The number of benzene rings is 2. The topological polar surface area (TPSA) is 55.1 Å². The molecular formula is C15H14BrFN2O. The van der Waals surface area contributed by atoms with Gasteiger partial charge in [0, 0.05) is 16.6 Å². The highest BCUT2D eigenvalue weighted by Crippen LogP contribution is 2.24. The highest BCUT2D eigenvalue weighted by molar-refractivity contribution is 9.10. The highest BCUT2D eigenvalue weighted by atomic mass is 79.9. The maximum atomic E-state index is 13.2. The number of nitrogens with one attached hydrogen (secondary N) is 1. The van der Waals surface area contributed by atoms with Crippen LogP contribution in [-0.2, 0) is 6.54 Å². The maximum absolute atomic E-state index is 13.2. The van der Waals surface area contributed by atoms with Crippen LogP contribution in [0.2, 0.25) is 0 Å². The van der Waals surface area contributed by atoms with Gasteiger partial charge in [0.1, 0.15) is 5.82 Å². The van der Waals surface area contributed by atoms with E-state index in [4.69, 9.17) is 5.73 Å². The van der Waals surface area contributed by atoms with Gasteiger partial charge in [0.2, 0.25) is 5.91 Å². The molecule has 0 spiro atoms. The van der Waals surface area contributed by atoms with Crippen molar-refractivity contribution in [3.05, 3.63) is 63.4 Å². The lowest BCUT2D eigenvalue weighted by atomic mass is 10.0. The van der Waals surface area contributed by atoms with Crippen LogP contribution in [0.3, 0.4) is 0 Å². The van der Waals surface area contributed by atoms with Crippen LogP contribution in [0, 0.1) is 12.7 Å². The molecule has 0 atom stereocenters. The second kappa shape index (κ2) is 6.05. The summed E-state index contributed by atoms with van der Waals surface area (Å²) in [5, 5.41) is 3.16. The number of carbonyl (C=O) groups is 1. The van der Waals surface area contributed by atoms with Gasteiger partial charge in [0.05, 0.1) is 5.69 Å². The summed E-state index contributed by atoms with van der Waals surface area (Å²) in [6.45, 7) is 2.44.